The minimum Gasteiger partial charge on any atom is -0.331 e. The van der Waals surface area contributed by atoms with Crippen LogP contribution in [-0.4, -0.2) is 37.8 Å². The second kappa shape index (κ2) is 8.51. The number of nitrogens with one attached hydrogen (secondary N) is 1. The summed E-state index contributed by atoms with van der Waals surface area (Å²) in [6.07, 6.45) is 9.06. The van der Waals surface area contributed by atoms with E-state index in [0.29, 0.717) is 10.7 Å². The summed E-state index contributed by atoms with van der Waals surface area (Å²) in [4.78, 5) is 8.60. The lowest BCUT2D eigenvalue weighted by molar-refractivity contribution is 0.556. The van der Waals surface area contributed by atoms with Crippen molar-refractivity contribution in [3.63, 3.8) is 0 Å². The van der Waals surface area contributed by atoms with Gasteiger partial charge in [-0.05, 0) is 54.7 Å². The van der Waals surface area contributed by atoms with E-state index in [2.05, 4.69) is 26.5 Å². The molecule has 0 aliphatic heterocycles. The maximum Gasteiger partial charge on any atom is 0.193 e. The van der Waals surface area contributed by atoms with Gasteiger partial charge in [0.2, 0.25) is 0 Å². The van der Waals surface area contributed by atoms with Gasteiger partial charge in [0.05, 0.1) is 29.7 Å². The van der Waals surface area contributed by atoms with E-state index in [-0.39, 0.29) is 0 Å². The van der Waals surface area contributed by atoms with Crippen LogP contribution >= 0.6 is 12.2 Å². The third-order valence-electron chi connectivity index (χ3n) is 4.45. The standard InChI is InChI=1S/C22H17N7S/c1-28(22(30)27-19-7-4-16(11-23)5-8-19)26-14-20-13-25-21-9-6-18(15-29(20)21)17-3-2-10-24-12-17/h2-10,12-15H,1H3,(H,27,30)/b26-14+. The van der Waals surface area contributed by atoms with Crippen molar-refractivity contribution in [1.29, 1.82) is 5.26 Å². The number of thiocarbonyl (C=S) groups is 1. The van der Waals surface area contributed by atoms with Crippen molar-refractivity contribution in [3.05, 3.63) is 84.6 Å². The molecule has 8 heteroatoms. The Bertz CT molecular complexity index is 1250. The van der Waals surface area contributed by atoms with Crippen LogP contribution in [0.25, 0.3) is 16.8 Å². The molecule has 0 spiro atoms. The number of aromatic nitrogens is 3. The summed E-state index contributed by atoms with van der Waals surface area (Å²) < 4.78 is 1.97. The minimum absolute atomic E-state index is 0.431. The molecule has 0 aliphatic carbocycles. The zero-order chi connectivity index (χ0) is 20.9. The molecule has 1 N–H and O–H groups in total. The molecule has 0 saturated heterocycles. The van der Waals surface area contributed by atoms with Gasteiger partial charge in [-0.1, -0.05) is 6.07 Å². The molecule has 4 aromatic rings. The fourth-order valence-electron chi connectivity index (χ4n) is 2.83. The average Bonchev–Trinajstić information content (AvgIpc) is 3.20. The largest absolute Gasteiger partial charge is 0.331 e. The van der Waals surface area contributed by atoms with Gasteiger partial charge in [-0.25, -0.2) is 9.99 Å². The summed E-state index contributed by atoms with van der Waals surface area (Å²) in [6.45, 7) is 0. The van der Waals surface area contributed by atoms with Crippen LogP contribution < -0.4 is 5.32 Å². The van der Waals surface area contributed by atoms with Gasteiger partial charge < -0.3 is 5.32 Å². The maximum atomic E-state index is 8.88. The van der Waals surface area contributed by atoms with Crippen LogP contribution in [0, 0.1) is 11.3 Å². The summed E-state index contributed by atoms with van der Waals surface area (Å²) in [5, 5.41) is 18.4. The molecule has 146 valence electrons. The lowest BCUT2D eigenvalue weighted by Gasteiger charge is -2.15. The molecule has 30 heavy (non-hydrogen) atoms. The fourth-order valence-corrected chi connectivity index (χ4v) is 2.99. The average molecular weight is 411 g/mol. The number of pyridine rings is 2. The summed E-state index contributed by atoms with van der Waals surface area (Å²) in [5.41, 5.74) is 5.09. The van der Waals surface area contributed by atoms with Gasteiger partial charge in [-0.15, -0.1) is 0 Å². The number of imidazole rings is 1. The quantitative estimate of drug-likeness (QED) is 0.311. The van der Waals surface area contributed by atoms with Crippen LogP contribution in [0.2, 0.25) is 0 Å². The van der Waals surface area contributed by atoms with Crippen molar-refractivity contribution in [3.8, 4) is 17.2 Å². The van der Waals surface area contributed by atoms with Crippen LogP contribution in [-0.2, 0) is 0 Å². The molecule has 3 aromatic heterocycles. The highest BCUT2D eigenvalue weighted by Gasteiger charge is 2.06. The van der Waals surface area contributed by atoms with Crippen molar-refractivity contribution in [2.75, 3.05) is 12.4 Å². The smallest absolute Gasteiger partial charge is 0.193 e. The summed E-state index contributed by atoms with van der Waals surface area (Å²) in [7, 11) is 1.76. The first kappa shape index (κ1) is 19.2. The monoisotopic (exact) mass is 411 g/mol. The SMILES string of the molecule is CN(/N=C/c1cnc2ccc(-c3cccnc3)cn12)C(=S)Nc1ccc(C#N)cc1. The molecule has 0 atom stereocenters. The maximum absolute atomic E-state index is 8.88. The number of nitriles is 1. The van der Waals surface area contributed by atoms with Gasteiger partial charge in [0, 0.05) is 42.5 Å². The Kier molecular flexibility index (Phi) is 5.46. The summed E-state index contributed by atoms with van der Waals surface area (Å²) in [5.74, 6) is 0. The Morgan fingerprint density at radius 1 is 1.17 bits per heavy atom. The summed E-state index contributed by atoms with van der Waals surface area (Å²) >= 11 is 5.40. The Morgan fingerprint density at radius 3 is 2.73 bits per heavy atom. The number of fused-ring (bicyclic) bond motifs is 1. The van der Waals surface area contributed by atoms with Gasteiger partial charge in [0.25, 0.3) is 0 Å². The molecular formula is C22H17N7S. The summed E-state index contributed by atoms with van der Waals surface area (Å²) in [6, 6.07) is 17.0. The second-order valence-corrected chi connectivity index (χ2v) is 6.84. The molecule has 0 saturated carbocycles. The lowest BCUT2D eigenvalue weighted by Crippen LogP contribution is -2.26. The van der Waals surface area contributed by atoms with Crippen LogP contribution in [0.4, 0.5) is 5.69 Å². The van der Waals surface area contributed by atoms with Crippen molar-refractivity contribution < 1.29 is 0 Å². The molecule has 1 aromatic carbocycles. The molecule has 0 bridgehead atoms. The Hall–Kier alpha value is -4.09. The Balaban J connectivity index is 1.51. The highest BCUT2D eigenvalue weighted by molar-refractivity contribution is 7.80. The highest BCUT2D eigenvalue weighted by atomic mass is 32.1. The number of hydrogen-bond acceptors (Lipinski definition) is 5. The number of nitrogens with zero attached hydrogens (tertiary/aromatic N) is 6. The topological polar surface area (TPSA) is 81.6 Å². The van der Waals surface area contributed by atoms with E-state index in [1.54, 1.807) is 54.9 Å². The predicted octanol–water partition coefficient (Wildman–Crippen LogP) is 3.93. The van der Waals surface area contributed by atoms with Gasteiger partial charge in [-0.2, -0.15) is 10.4 Å². The third kappa shape index (κ3) is 4.16. The van der Waals surface area contributed by atoms with Gasteiger partial charge in [0.15, 0.2) is 5.11 Å². The van der Waals surface area contributed by atoms with Crippen LogP contribution in [0.1, 0.15) is 11.3 Å². The van der Waals surface area contributed by atoms with Gasteiger partial charge in [-0.3, -0.25) is 9.38 Å². The molecule has 0 fully saturated rings. The Labute approximate surface area is 178 Å². The van der Waals surface area contributed by atoms with Crippen LogP contribution in [0.5, 0.6) is 0 Å². The van der Waals surface area contributed by atoms with Crippen LogP contribution in [0.15, 0.2) is 78.4 Å². The molecule has 3 heterocycles. The van der Waals surface area contributed by atoms with E-state index in [9.17, 15) is 0 Å². The molecule has 0 radical (unpaired) electrons. The van der Waals surface area contributed by atoms with Crippen molar-refractivity contribution >= 4 is 34.9 Å². The van der Waals surface area contributed by atoms with Gasteiger partial charge >= 0.3 is 0 Å². The number of anilines is 1. The van der Waals surface area contributed by atoms with Gasteiger partial charge in [0.1, 0.15) is 5.65 Å². The molecule has 0 unspecified atom stereocenters. The lowest BCUT2D eigenvalue weighted by atomic mass is 10.1. The fraction of sp³-hybridized carbons (Fsp3) is 0.0455. The first-order chi connectivity index (χ1) is 14.6. The highest BCUT2D eigenvalue weighted by Crippen LogP contribution is 2.19. The number of benzene rings is 1. The van der Waals surface area contributed by atoms with E-state index < -0.39 is 0 Å². The molecule has 4 rings (SSSR count). The van der Waals surface area contributed by atoms with E-state index in [1.807, 2.05) is 41.1 Å². The first-order valence-corrected chi connectivity index (χ1v) is 9.51. The zero-order valence-corrected chi connectivity index (χ0v) is 16.9. The van der Waals surface area contributed by atoms with Crippen molar-refractivity contribution in [1.82, 2.24) is 19.4 Å². The molecule has 0 aliphatic rings. The number of hydrogen-bond donors (Lipinski definition) is 1. The molecule has 0 amide bonds. The molecular weight excluding hydrogens is 394 g/mol. The third-order valence-corrected chi connectivity index (χ3v) is 4.82. The van der Waals surface area contributed by atoms with Crippen molar-refractivity contribution in [2.45, 2.75) is 0 Å². The first-order valence-electron chi connectivity index (χ1n) is 9.10. The predicted molar refractivity (Wildman–Crippen MR) is 121 cm³/mol. The van der Waals surface area contributed by atoms with E-state index in [1.165, 1.54) is 0 Å². The van der Waals surface area contributed by atoms with E-state index in [4.69, 9.17) is 17.5 Å². The van der Waals surface area contributed by atoms with E-state index in [0.717, 1.165) is 28.2 Å². The Morgan fingerprint density at radius 2 is 2.00 bits per heavy atom. The second-order valence-electron chi connectivity index (χ2n) is 6.46. The minimum atomic E-state index is 0.431. The zero-order valence-electron chi connectivity index (χ0n) is 16.1. The van der Waals surface area contributed by atoms with Crippen LogP contribution in [0.3, 0.4) is 0 Å². The van der Waals surface area contributed by atoms with Crippen molar-refractivity contribution in [2.24, 2.45) is 5.10 Å². The normalized spacial score (nSPS) is 10.8. The molecule has 7 nitrogen and oxygen atoms in total. The number of rotatable bonds is 4. The number of hydrazone groups is 1. The van der Waals surface area contributed by atoms with E-state index >= 15 is 0 Å².